The summed E-state index contributed by atoms with van der Waals surface area (Å²) >= 11 is 0. The Balaban J connectivity index is 4.32. The van der Waals surface area contributed by atoms with Crippen molar-refractivity contribution in [3.8, 4) is 0 Å². The standard InChI is InChI=1S/C23H44/c1-9-19(5)20(6)15-13-14-16-22(11-3)17-18-23(8,12-4)21(7)10-2/h10,15,19,22H,9,11-14,16-18H2,1-8H3/b20-15-,21-10-. The van der Waals surface area contributed by atoms with Crippen molar-refractivity contribution in [2.24, 2.45) is 17.3 Å². The average Bonchev–Trinajstić information content (AvgIpc) is 2.58. The zero-order valence-electron chi connectivity index (χ0n) is 17.5. The second-order valence-electron chi connectivity index (χ2n) is 7.89. The van der Waals surface area contributed by atoms with Crippen LogP contribution in [-0.4, -0.2) is 0 Å². The minimum atomic E-state index is 0.412. The van der Waals surface area contributed by atoms with E-state index in [2.05, 4.69) is 67.5 Å². The molecule has 0 radical (unpaired) electrons. The third-order valence-corrected chi connectivity index (χ3v) is 6.52. The molecular formula is C23H44. The molecule has 0 aromatic heterocycles. The van der Waals surface area contributed by atoms with E-state index in [1.165, 1.54) is 51.4 Å². The number of unbranched alkanes of at least 4 members (excludes halogenated alkanes) is 1. The van der Waals surface area contributed by atoms with Gasteiger partial charge in [0, 0.05) is 0 Å². The number of hydrogen-bond acceptors (Lipinski definition) is 0. The maximum atomic E-state index is 2.49. The van der Waals surface area contributed by atoms with E-state index in [1.807, 2.05) is 0 Å². The van der Waals surface area contributed by atoms with Crippen molar-refractivity contribution < 1.29 is 0 Å². The van der Waals surface area contributed by atoms with Gasteiger partial charge in [0.25, 0.3) is 0 Å². The van der Waals surface area contributed by atoms with Gasteiger partial charge in [-0.2, -0.15) is 0 Å². The van der Waals surface area contributed by atoms with Gasteiger partial charge in [0.2, 0.25) is 0 Å². The molecule has 0 aromatic rings. The molecule has 0 aliphatic carbocycles. The fourth-order valence-electron chi connectivity index (χ4n) is 3.34. The Hall–Kier alpha value is -0.520. The van der Waals surface area contributed by atoms with E-state index in [-0.39, 0.29) is 0 Å². The lowest BCUT2D eigenvalue weighted by molar-refractivity contribution is 0.291. The molecule has 0 aliphatic heterocycles. The SMILES string of the molecule is C/C=C(/C)C(C)(CC)CCC(CC)CCC/C=C(/C)C(C)CC. The van der Waals surface area contributed by atoms with Crippen molar-refractivity contribution in [2.45, 2.75) is 107 Å². The van der Waals surface area contributed by atoms with Crippen LogP contribution in [0.4, 0.5) is 0 Å². The van der Waals surface area contributed by atoms with Gasteiger partial charge in [-0.3, -0.25) is 0 Å². The van der Waals surface area contributed by atoms with Gasteiger partial charge in [-0.15, -0.1) is 0 Å². The lowest BCUT2D eigenvalue weighted by atomic mass is 9.74. The molecule has 0 saturated carbocycles. The van der Waals surface area contributed by atoms with Gasteiger partial charge in [-0.1, -0.05) is 70.8 Å². The third-order valence-electron chi connectivity index (χ3n) is 6.52. The predicted octanol–water partition coefficient (Wildman–Crippen LogP) is 8.34. The molecule has 0 bridgehead atoms. The molecule has 0 nitrogen and oxygen atoms in total. The van der Waals surface area contributed by atoms with Gasteiger partial charge in [-0.25, -0.2) is 0 Å². The Kier molecular flexibility index (Phi) is 11.7. The maximum absolute atomic E-state index is 2.49. The maximum Gasteiger partial charge on any atom is -0.0122 e. The van der Waals surface area contributed by atoms with Crippen LogP contribution < -0.4 is 0 Å². The third kappa shape index (κ3) is 8.23. The second kappa shape index (κ2) is 11.9. The topological polar surface area (TPSA) is 0 Å². The van der Waals surface area contributed by atoms with Gasteiger partial charge in [-0.05, 0) is 76.5 Å². The van der Waals surface area contributed by atoms with Gasteiger partial charge >= 0.3 is 0 Å². The highest BCUT2D eigenvalue weighted by Crippen LogP contribution is 2.37. The fraction of sp³-hybridized carbons (Fsp3) is 0.826. The minimum absolute atomic E-state index is 0.412. The van der Waals surface area contributed by atoms with Gasteiger partial charge < -0.3 is 0 Å². The molecule has 3 atom stereocenters. The van der Waals surface area contributed by atoms with E-state index in [0.29, 0.717) is 5.41 Å². The Labute approximate surface area is 147 Å². The molecular weight excluding hydrogens is 276 g/mol. The molecule has 136 valence electrons. The van der Waals surface area contributed by atoms with Crippen LogP contribution in [0.2, 0.25) is 0 Å². The number of allylic oxidation sites excluding steroid dienone is 4. The van der Waals surface area contributed by atoms with Crippen LogP contribution in [0.25, 0.3) is 0 Å². The van der Waals surface area contributed by atoms with Crippen LogP contribution in [0.1, 0.15) is 107 Å². The molecule has 0 N–H and O–H groups in total. The number of rotatable bonds is 12. The van der Waals surface area contributed by atoms with Crippen LogP contribution >= 0.6 is 0 Å². The summed E-state index contributed by atoms with van der Waals surface area (Å²) < 4.78 is 0. The molecule has 0 heteroatoms. The van der Waals surface area contributed by atoms with E-state index < -0.39 is 0 Å². The van der Waals surface area contributed by atoms with Gasteiger partial charge in [0.1, 0.15) is 0 Å². The first kappa shape index (κ1) is 22.5. The Morgan fingerprint density at radius 3 is 2.17 bits per heavy atom. The molecule has 3 unspecified atom stereocenters. The summed E-state index contributed by atoms with van der Waals surface area (Å²) in [5.41, 5.74) is 3.57. The first-order valence-electron chi connectivity index (χ1n) is 10.1. The zero-order valence-corrected chi connectivity index (χ0v) is 17.5. The summed E-state index contributed by atoms with van der Waals surface area (Å²) in [6.07, 6.45) is 15.4. The van der Waals surface area contributed by atoms with Crippen LogP contribution in [0, 0.1) is 17.3 Å². The van der Waals surface area contributed by atoms with Gasteiger partial charge in [0.15, 0.2) is 0 Å². The fourth-order valence-corrected chi connectivity index (χ4v) is 3.34. The van der Waals surface area contributed by atoms with Gasteiger partial charge in [0.05, 0.1) is 0 Å². The molecule has 23 heavy (non-hydrogen) atoms. The molecule has 0 spiro atoms. The summed E-state index contributed by atoms with van der Waals surface area (Å²) in [7, 11) is 0. The average molecular weight is 321 g/mol. The Morgan fingerprint density at radius 1 is 1.04 bits per heavy atom. The molecule has 0 amide bonds. The lowest BCUT2D eigenvalue weighted by Crippen LogP contribution is -2.18. The summed E-state index contributed by atoms with van der Waals surface area (Å²) in [5, 5.41) is 0. The van der Waals surface area contributed by atoms with Crippen molar-refractivity contribution in [1.29, 1.82) is 0 Å². The highest BCUT2D eigenvalue weighted by Gasteiger charge is 2.24. The summed E-state index contributed by atoms with van der Waals surface area (Å²) in [6.45, 7) is 18.6. The molecule has 0 fully saturated rings. The Bertz CT molecular complexity index is 360. The summed E-state index contributed by atoms with van der Waals surface area (Å²) in [5.74, 6) is 1.66. The molecule has 0 saturated heterocycles. The minimum Gasteiger partial charge on any atom is -0.0882 e. The number of hydrogen-bond donors (Lipinski definition) is 0. The Morgan fingerprint density at radius 2 is 1.70 bits per heavy atom. The smallest absolute Gasteiger partial charge is 0.0122 e. The quantitative estimate of drug-likeness (QED) is 0.250. The largest absolute Gasteiger partial charge is 0.0882 e. The monoisotopic (exact) mass is 320 g/mol. The molecule has 0 rings (SSSR count). The first-order valence-corrected chi connectivity index (χ1v) is 10.1. The van der Waals surface area contributed by atoms with Crippen LogP contribution in [-0.2, 0) is 0 Å². The highest BCUT2D eigenvalue weighted by molar-refractivity contribution is 5.09. The van der Waals surface area contributed by atoms with E-state index in [1.54, 1.807) is 11.1 Å². The lowest BCUT2D eigenvalue weighted by Gasteiger charge is -2.31. The van der Waals surface area contributed by atoms with E-state index in [9.17, 15) is 0 Å². The zero-order chi connectivity index (χ0) is 17.9. The van der Waals surface area contributed by atoms with Crippen LogP contribution in [0.15, 0.2) is 23.3 Å². The van der Waals surface area contributed by atoms with Crippen molar-refractivity contribution in [3.63, 3.8) is 0 Å². The van der Waals surface area contributed by atoms with Crippen molar-refractivity contribution in [2.75, 3.05) is 0 Å². The first-order chi connectivity index (χ1) is 10.8. The second-order valence-corrected chi connectivity index (χ2v) is 7.89. The summed E-state index contributed by atoms with van der Waals surface area (Å²) in [4.78, 5) is 0. The van der Waals surface area contributed by atoms with Crippen molar-refractivity contribution >= 4 is 0 Å². The molecule has 0 aliphatic rings. The summed E-state index contributed by atoms with van der Waals surface area (Å²) in [6, 6.07) is 0. The predicted molar refractivity (Wildman–Crippen MR) is 108 cm³/mol. The van der Waals surface area contributed by atoms with Crippen LogP contribution in [0.3, 0.4) is 0 Å². The van der Waals surface area contributed by atoms with Crippen molar-refractivity contribution in [1.82, 2.24) is 0 Å². The molecule has 0 aromatic carbocycles. The highest BCUT2D eigenvalue weighted by atomic mass is 14.3. The molecule has 0 heterocycles. The van der Waals surface area contributed by atoms with E-state index >= 15 is 0 Å². The normalized spacial score (nSPS) is 18.6. The van der Waals surface area contributed by atoms with E-state index in [0.717, 1.165) is 11.8 Å². The van der Waals surface area contributed by atoms with E-state index in [4.69, 9.17) is 0 Å². The van der Waals surface area contributed by atoms with Crippen LogP contribution in [0.5, 0.6) is 0 Å². The van der Waals surface area contributed by atoms with Crippen molar-refractivity contribution in [3.05, 3.63) is 23.3 Å².